The van der Waals surface area contributed by atoms with E-state index >= 15 is 0 Å². The molecule has 2 amide bonds. The molecule has 0 fully saturated rings. The molecule has 4 aromatic rings. The normalized spacial score (nSPS) is 10.5. The molecule has 1 aromatic heterocycles. The van der Waals surface area contributed by atoms with Gasteiger partial charge in [-0.1, -0.05) is 36.4 Å². The first kappa shape index (κ1) is 22.0. The minimum atomic E-state index is -0.370. The lowest BCUT2D eigenvalue weighted by Gasteiger charge is -2.12. The molecule has 0 saturated heterocycles. The largest absolute Gasteiger partial charge is 0.483 e. The molecular formula is C25H21N3O4S. The number of para-hydroxylation sites is 2. The summed E-state index contributed by atoms with van der Waals surface area (Å²) in [6.07, 6.45) is 0. The van der Waals surface area contributed by atoms with Crippen molar-refractivity contribution in [2.24, 2.45) is 0 Å². The van der Waals surface area contributed by atoms with Crippen LogP contribution in [-0.2, 0) is 4.79 Å². The third-order valence-electron chi connectivity index (χ3n) is 4.76. The van der Waals surface area contributed by atoms with Gasteiger partial charge in [0.25, 0.3) is 11.8 Å². The van der Waals surface area contributed by atoms with Crippen molar-refractivity contribution in [3.63, 3.8) is 0 Å². The molecular weight excluding hydrogens is 438 g/mol. The Morgan fingerprint density at radius 1 is 0.909 bits per heavy atom. The molecule has 33 heavy (non-hydrogen) atoms. The lowest BCUT2D eigenvalue weighted by atomic mass is 10.2. The Balaban J connectivity index is 1.27. The number of thiocarbonyl (C=S) groups is 1. The van der Waals surface area contributed by atoms with Crippen molar-refractivity contribution in [3.8, 4) is 5.75 Å². The van der Waals surface area contributed by atoms with E-state index in [4.69, 9.17) is 21.4 Å². The molecule has 1 heterocycles. The molecule has 0 radical (unpaired) electrons. The summed E-state index contributed by atoms with van der Waals surface area (Å²) in [5.41, 5.74) is 2.84. The van der Waals surface area contributed by atoms with Crippen molar-refractivity contribution >= 4 is 51.5 Å². The quantitative estimate of drug-likeness (QED) is 0.356. The molecule has 8 heteroatoms. The number of nitrogens with one attached hydrogen (secondary N) is 3. The Morgan fingerprint density at radius 3 is 2.30 bits per heavy atom. The predicted molar refractivity (Wildman–Crippen MR) is 132 cm³/mol. The van der Waals surface area contributed by atoms with Gasteiger partial charge in [0.05, 0.1) is 0 Å². The minimum Gasteiger partial charge on any atom is -0.483 e. The van der Waals surface area contributed by atoms with Crippen LogP contribution in [-0.4, -0.2) is 23.5 Å². The van der Waals surface area contributed by atoms with E-state index in [1.807, 2.05) is 49.4 Å². The molecule has 4 rings (SSSR count). The monoisotopic (exact) mass is 459 g/mol. The first-order chi connectivity index (χ1) is 16.0. The Morgan fingerprint density at radius 2 is 1.58 bits per heavy atom. The van der Waals surface area contributed by atoms with Crippen LogP contribution in [0, 0.1) is 6.92 Å². The van der Waals surface area contributed by atoms with Gasteiger partial charge in [0.15, 0.2) is 17.5 Å². The third kappa shape index (κ3) is 5.75. The van der Waals surface area contributed by atoms with Crippen molar-refractivity contribution in [1.82, 2.24) is 5.32 Å². The molecule has 0 atom stereocenters. The number of hydrogen-bond donors (Lipinski definition) is 3. The van der Waals surface area contributed by atoms with Crippen molar-refractivity contribution in [1.29, 1.82) is 0 Å². The van der Waals surface area contributed by atoms with E-state index in [0.717, 1.165) is 10.9 Å². The summed E-state index contributed by atoms with van der Waals surface area (Å²) in [7, 11) is 0. The molecule has 7 nitrogen and oxygen atoms in total. The molecule has 0 unspecified atom stereocenters. The number of aryl methyl sites for hydroxylation is 1. The van der Waals surface area contributed by atoms with E-state index in [2.05, 4.69) is 16.0 Å². The number of carbonyl (C=O) groups is 2. The minimum absolute atomic E-state index is 0.146. The van der Waals surface area contributed by atoms with Crippen molar-refractivity contribution < 1.29 is 18.7 Å². The molecule has 3 aromatic carbocycles. The highest BCUT2D eigenvalue weighted by Crippen LogP contribution is 2.21. The molecule has 0 aliphatic rings. The van der Waals surface area contributed by atoms with E-state index in [9.17, 15) is 9.59 Å². The average Bonchev–Trinajstić information content (AvgIpc) is 3.24. The van der Waals surface area contributed by atoms with E-state index < -0.39 is 0 Å². The fourth-order valence-electron chi connectivity index (χ4n) is 3.11. The molecule has 166 valence electrons. The van der Waals surface area contributed by atoms with Crippen LogP contribution in [0.2, 0.25) is 0 Å². The van der Waals surface area contributed by atoms with Crippen LogP contribution in [0.1, 0.15) is 16.1 Å². The van der Waals surface area contributed by atoms with Crippen molar-refractivity contribution in [3.05, 3.63) is 90.2 Å². The number of fused-ring (bicyclic) bond motifs is 1. The van der Waals surface area contributed by atoms with Gasteiger partial charge in [-0.2, -0.15) is 0 Å². The molecule has 0 saturated carbocycles. The summed E-state index contributed by atoms with van der Waals surface area (Å²) in [5.74, 6) is 0.163. The molecule has 0 bridgehead atoms. The Bertz CT molecular complexity index is 1280. The number of hydrogen-bond acceptors (Lipinski definition) is 5. The Labute approximate surface area is 195 Å². The second-order valence-corrected chi connectivity index (χ2v) is 7.64. The number of benzene rings is 3. The first-order valence-electron chi connectivity index (χ1n) is 10.2. The van der Waals surface area contributed by atoms with Gasteiger partial charge in [-0.05, 0) is 67.2 Å². The zero-order chi connectivity index (χ0) is 23.2. The number of amides is 2. The zero-order valence-corrected chi connectivity index (χ0v) is 18.6. The summed E-state index contributed by atoms with van der Waals surface area (Å²) < 4.78 is 11.1. The van der Waals surface area contributed by atoms with Crippen LogP contribution in [0.5, 0.6) is 5.75 Å². The van der Waals surface area contributed by atoms with Gasteiger partial charge >= 0.3 is 0 Å². The molecule has 0 aliphatic heterocycles. The third-order valence-corrected chi connectivity index (χ3v) is 4.96. The Hall–Kier alpha value is -4.17. The van der Waals surface area contributed by atoms with Crippen LogP contribution < -0.4 is 20.7 Å². The lowest BCUT2D eigenvalue weighted by Crippen LogP contribution is -2.37. The van der Waals surface area contributed by atoms with E-state index in [-0.39, 0.29) is 29.3 Å². The Kier molecular flexibility index (Phi) is 6.66. The highest BCUT2D eigenvalue weighted by molar-refractivity contribution is 7.80. The standard InChI is InChI=1S/C25H21N3O4S/c1-16-6-2-4-8-20(16)31-15-23(29)28-25(33)27-19-12-10-18(11-13-19)26-24(30)22-14-17-7-3-5-9-21(17)32-22/h2-14H,15H2,1H3,(H,26,30)(H2,27,28,29,33). The summed E-state index contributed by atoms with van der Waals surface area (Å²) in [6, 6.07) is 23.5. The maximum absolute atomic E-state index is 12.5. The van der Waals surface area contributed by atoms with Gasteiger partial charge in [0.2, 0.25) is 0 Å². The van der Waals surface area contributed by atoms with Gasteiger partial charge in [0, 0.05) is 16.8 Å². The van der Waals surface area contributed by atoms with E-state index in [0.29, 0.717) is 22.7 Å². The van der Waals surface area contributed by atoms with Crippen molar-refractivity contribution in [2.75, 3.05) is 17.2 Å². The van der Waals surface area contributed by atoms with Gasteiger partial charge < -0.3 is 19.8 Å². The number of rotatable bonds is 6. The zero-order valence-electron chi connectivity index (χ0n) is 17.8. The van der Waals surface area contributed by atoms with Gasteiger partial charge in [-0.3, -0.25) is 14.9 Å². The SMILES string of the molecule is Cc1ccccc1OCC(=O)NC(=S)Nc1ccc(NC(=O)c2cc3ccccc3o2)cc1. The summed E-state index contributed by atoms with van der Waals surface area (Å²) in [6.45, 7) is 1.75. The second-order valence-electron chi connectivity index (χ2n) is 7.24. The first-order valence-corrected chi connectivity index (χ1v) is 10.6. The summed E-state index contributed by atoms with van der Waals surface area (Å²) >= 11 is 5.19. The van der Waals surface area contributed by atoms with E-state index in [1.165, 1.54) is 0 Å². The molecule has 3 N–H and O–H groups in total. The fourth-order valence-corrected chi connectivity index (χ4v) is 3.34. The van der Waals surface area contributed by atoms with Gasteiger partial charge in [0.1, 0.15) is 11.3 Å². The van der Waals surface area contributed by atoms with Crippen LogP contribution in [0.3, 0.4) is 0 Å². The highest BCUT2D eigenvalue weighted by Gasteiger charge is 2.12. The number of furan rings is 1. The fraction of sp³-hybridized carbons (Fsp3) is 0.0800. The summed E-state index contributed by atoms with van der Waals surface area (Å²) in [4.78, 5) is 24.5. The number of anilines is 2. The van der Waals surface area contributed by atoms with Crippen LogP contribution in [0.4, 0.5) is 11.4 Å². The van der Waals surface area contributed by atoms with Crippen LogP contribution >= 0.6 is 12.2 Å². The average molecular weight is 460 g/mol. The van der Waals surface area contributed by atoms with Crippen molar-refractivity contribution in [2.45, 2.75) is 6.92 Å². The topological polar surface area (TPSA) is 92.6 Å². The van der Waals surface area contributed by atoms with Gasteiger partial charge in [-0.25, -0.2) is 0 Å². The number of carbonyl (C=O) groups excluding carboxylic acids is 2. The lowest BCUT2D eigenvalue weighted by molar-refractivity contribution is -0.121. The van der Waals surface area contributed by atoms with Crippen LogP contribution in [0.25, 0.3) is 11.0 Å². The smallest absolute Gasteiger partial charge is 0.291 e. The maximum Gasteiger partial charge on any atom is 0.291 e. The van der Waals surface area contributed by atoms with E-state index in [1.54, 1.807) is 36.4 Å². The molecule has 0 spiro atoms. The predicted octanol–water partition coefficient (Wildman–Crippen LogP) is 4.89. The highest BCUT2D eigenvalue weighted by atomic mass is 32.1. The summed E-state index contributed by atoms with van der Waals surface area (Å²) in [5, 5.41) is 9.30. The van der Waals surface area contributed by atoms with Crippen LogP contribution in [0.15, 0.2) is 83.3 Å². The second kappa shape index (κ2) is 9.97. The molecule has 0 aliphatic carbocycles. The van der Waals surface area contributed by atoms with Gasteiger partial charge in [-0.15, -0.1) is 0 Å². The maximum atomic E-state index is 12.5. The number of ether oxygens (including phenoxy) is 1.